The number of benzene rings is 1. The van der Waals surface area contributed by atoms with E-state index in [1.807, 2.05) is 13.8 Å². The van der Waals surface area contributed by atoms with Crippen molar-refractivity contribution in [1.29, 1.82) is 0 Å². The van der Waals surface area contributed by atoms with Gasteiger partial charge in [-0.05, 0) is 44.0 Å². The van der Waals surface area contributed by atoms with Crippen molar-refractivity contribution in [2.75, 3.05) is 18.4 Å². The first-order valence-electron chi connectivity index (χ1n) is 9.82. The number of piperidine rings is 1. The molecule has 2 aliphatic rings. The predicted octanol–water partition coefficient (Wildman–Crippen LogP) is 1.65. The molecule has 0 saturated carbocycles. The number of nitrogens with zero attached hydrogens (tertiary/aromatic N) is 1. The van der Waals surface area contributed by atoms with Crippen LogP contribution in [0.2, 0.25) is 0 Å². The molecule has 2 heterocycles. The first-order valence-corrected chi connectivity index (χ1v) is 9.82. The van der Waals surface area contributed by atoms with Crippen molar-refractivity contribution in [1.82, 2.24) is 10.2 Å². The average molecular weight is 388 g/mol. The van der Waals surface area contributed by atoms with Crippen LogP contribution < -0.4 is 16.4 Å². The van der Waals surface area contributed by atoms with Gasteiger partial charge in [-0.3, -0.25) is 29.4 Å². The Labute approximate surface area is 164 Å². The lowest BCUT2D eigenvalue weighted by molar-refractivity contribution is -0.136. The number of amides is 4. The molecule has 1 unspecified atom stereocenters. The molecule has 0 radical (unpaired) electrons. The number of nitrogens with two attached hydrogens (primary N) is 1. The van der Waals surface area contributed by atoms with E-state index in [9.17, 15) is 19.2 Å². The third-order valence-corrected chi connectivity index (χ3v) is 4.65. The number of unbranched alkanes of at least 4 members (excludes halogenated alkanes) is 2. The topological polar surface area (TPSA) is 122 Å². The van der Waals surface area contributed by atoms with Gasteiger partial charge in [0.15, 0.2) is 0 Å². The lowest BCUT2D eigenvalue weighted by Crippen LogP contribution is -2.54. The highest BCUT2D eigenvalue weighted by Gasteiger charge is 2.44. The summed E-state index contributed by atoms with van der Waals surface area (Å²) in [5, 5.41) is 5.42. The van der Waals surface area contributed by atoms with Crippen LogP contribution >= 0.6 is 0 Å². The molecule has 1 aromatic carbocycles. The second kappa shape index (κ2) is 9.98. The fourth-order valence-corrected chi connectivity index (χ4v) is 3.26. The van der Waals surface area contributed by atoms with E-state index in [2.05, 4.69) is 10.6 Å². The summed E-state index contributed by atoms with van der Waals surface area (Å²) in [6, 6.07) is 4.06. The SMILES string of the molecule is CC.NCCCCCNc1ccc2c(c1)C(=O)N(C1CCC(=O)NC1=O)C2=O. The normalized spacial score (nSPS) is 18.4. The van der Waals surface area contributed by atoms with E-state index in [4.69, 9.17) is 5.73 Å². The molecule has 0 spiro atoms. The minimum atomic E-state index is -0.937. The second-order valence-electron chi connectivity index (χ2n) is 6.48. The summed E-state index contributed by atoms with van der Waals surface area (Å²) < 4.78 is 0. The van der Waals surface area contributed by atoms with Crippen molar-refractivity contribution in [2.24, 2.45) is 5.73 Å². The Balaban J connectivity index is 0.00000136. The van der Waals surface area contributed by atoms with Crippen LogP contribution in [-0.4, -0.2) is 47.7 Å². The molecule has 8 heteroatoms. The number of anilines is 1. The molecule has 4 amide bonds. The molecular weight excluding hydrogens is 360 g/mol. The van der Waals surface area contributed by atoms with Gasteiger partial charge in [0.2, 0.25) is 11.8 Å². The van der Waals surface area contributed by atoms with E-state index in [0.717, 1.165) is 36.4 Å². The summed E-state index contributed by atoms with van der Waals surface area (Å²) in [6.45, 7) is 5.42. The first-order chi connectivity index (χ1) is 13.5. The molecule has 4 N–H and O–H groups in total. The molecule has 28 heavy (non-hydrogen) atoms. The highest BCUT2D eigenvalue weighted by atomic mass is 16.2. The van der Waals surface area contributed by atoms with Gasteiger partial charge in [0.1, 0.15) is 6.04 Å². The second-order valence-corrected chi connectivity index (χ2v) is 6.48. The summed E-state index contributed by atoms with van der Waals surface area (Å²) in [5.41, 5.74) is 6.78. The Morgan fingerprint density at radius 1 is 1.07 bits per heavy atom. The zero-order valence-corrected chi connectivity index (χ0v) is 16.4. The summed E-state index contributed by atoms with van der Waals surface area (Å²) in [6.07, 6.45) is 3.22. The summed E-state index contributed by atoms with van der Waals surface area (Å²) in [4.78, 5) is 49.6. The Bertz CT molecular complexity index is 763. The number of carbonyl (C=O) groups excluding carboxylic acids is 4. The first kappa shape index (κ1) is 21.6. The van der Waals surface area contributed by atoms with Crippen molar-refractivity contribution in [3.8, 4) is 0 Å². The predicted molar refractivity (Wildman–Crippen MR) is 106 cm³/mol. The molecule has 2 aliphatic heterocycles. The number of nitrogens with one attached hydrogen (secondary N) is 2. The van der Waals surface area contributed by atoms with E-state index in [-0.39, 0.29) is 29.9 Å². The summed E-state index contributed by atoms with van der Waals surface area (Å²) in [5.74, 6) is -1.97. The maximum Gasteiger partial charge on any atom is 0.262 e. The minimum absolute atomic E-state index is 0.111. The summed E-state index contributed by atoms with van der Waals surface area (Å²) in [7, 11) is 0. The van der Waals surface area contributed by atoms with Crippen molar-refractivity contribution < 1.29 is 19.2 Å². The van der Waals surface area contributed by atoms with Crippen LogP contribution in [0.5, 0.6) is 0 Å². The van der Waals surface area contributed by atoms with Gasteiger partial charge in [-0.1, -0.05) is 20.3 Å². The standard InChI is InChI=1S/C18H22N4O4.C2H6/c19-8-2-1-3-9-20-11-4-5-12-13(10-11)18(26)22(17(12)25)14-6-7-15(23)21-16(14)24;1-2/h4-5,10,14,20H,1-3,6-9,19H2,(H,21,23,24);1-2H3. The number of rotatable bonds is 7. The van der Waals surface area contributed by atoms with Crippen LogP contribution in [0.1, 0.15) is 66.7 Å². The van der Waals surface area contributed by atoms with Crippen LogP contribution in [0.3, 0.4) is 0 Å². The number of fused-ring (bicyclic) bond motifs is 1. The van der Waals surface area contributed by atoms with E-state index >= 15 is 0 Å². The van der Waals surface area contributed by atoms with Gasteiger partial charge < -0.3 is 11.1 Å². The Kier molecular flexibility index (Phi) is 7.69. The van der Waals surface area contributed by atoms with Crippen molar-refractivity contribution in [3.63, 3.8) is 0 Å². The lowest BCUT2D eigenvalue weighted by Gasteiger charge is -2.27. The zero-order chi connectivity index (χ0) is 20.7. The number of hydrogen-bond acceptors (Lipinski definition) is 6. The number of carbonyl (C=O) groups is 4. The molecule has 0 aromatic heterocycles. The van der Waals surface area contributed by atoms with Gasteiger partial charge in [-0.25, -0.2) is 0 Å². The van der Waals surface area contributed by atoms with Gasteiger partial charge in [-0.2, -0.15) is 0 Å². The Morgan fingerprint density at radius 3 is 2.46 bits per heavy atom. The van der Waals surface area contributed by atoms with Crippen molar-refractivity contribution in [3.05, 3.63) is 29.3 Å². The smallest absolute Gasteiger partial charge is 0.262 e. The quantitative estimate of drug-likeness (QED) is 0.482. The molecule has 1 atom stereocenters. The molecule has 8 nitrogen and oxygen atoms in total. The summed E-state index contributed by atoms with van der Waals surface area (Å²) >= 11 is 0. The fraction of sp³-hybridized carbons (Fsp3) is 0.500. The number of imide groups is 2. The average Bonchev–Trinajstić information content (AvgIpc) is 2.94. The third kappa shape index (κ3) is 4.56. The van der Waals surface area contributed by atoms with Gasteiger partial charge in [0, 0.05) is 18.7 Å². The fourth-order valence-electron chi connectivity index (χ4n) is 3.26. The molecule has 1 aromatic rings. The van der Waals surface area contributed by atoms with Crippen molar-refractivity contribution >= 4 is 29.3 Å². The van der Waals surface area contributed by atoms with Gasteiger partial charge in [-0.15, -0.1) is 0 Å². The molecule has 1 fully saturated rings. The highest BCUT2D eigenvalue weighted by molar-refractivity contribution is 6.23. The Hall–Kier alpha value is -2.74. The molecule has 3 rings (SSSR count). The zero-order valence-electron chi connectivity index (χ0n) is 16.4. The monoisotopic (exact) mass is 388 g/mol. The van der Waals surface area contributed by atoms with Gasteiger partial charge in [0.25, 0.3) is 11.8 Å². The van der Waals surface area contributed by atoms with Crippen LogP contribution in [0.4, 0.5) is 5.69 Å². The molecule has 0 bridgehead atoms. The van der Waals surface area contributed by atoms with Gasteiger partial charge >= 0.3 is 0 Å². The van der Waals surface area contributed by atoms with E-state index in [1.165, 1.54) is 0 Å². The molecular formula is C20H28N4O4. The third-order valence-electron chi connectivity index (χ3n) is 4.65. The van der Waals surface area contributed by atoms with E-state index in [0.29, 0.717) is 6.54 Å². The van der Waals surface area contributed by atoms with Crippen LogP contribution in [0.15, 0.2) is 18.2 Å². The van der Waals surface area contributed by atoms with Crippen LogP contribution in [0.25, 0.3) is 0 Å². The number of hydrogen-bond donors (Lipinski definition) is 3. The van der Waals surface area contributed by atoms with E-state index < -0.39 is 23.8 Å². The maximum absolute atomic E-state index is 12.7. The molecule has 1 saturated heterocycles. The highest BCUT2D eigenvalue weighted by Crippen LogP contribution is 2.29. The lowest BCUT2D eigenvalue weighted by atomic mass is 10.0. The van der Waals surface area contributed by atoms with E-state index in [1.54, 1.807) is 18.2 Å². The van der Waals surface area contributed by atoms with Crippen molar-refractivity contribution in [2.45, 2.75) is 52.0 Å². The minimum Gasteiger partial charge on any atom is -0.385 e. The largest absolute Gasteiger partial charge is 0.385 e. The van der Waals surface area contributed by atoms with Crippen LogP contribution in [0, 0.1) is 0 Å². The maximum atomic E-state index is 12.7. The van der Waals surface area contributed by atoms with Gasteiger partial charge in [0.05, 0.1) is 11.1 Å². The molecule has 152 valence electrons. The molecule has 0 aliphatic carbocycles. The Morgan fingerprint density at radius 2 is 1.79 bits per heavy atom. The van der Waals surface area contributed by atoms with Crippen LogP contribution in [-0.2, 0) is 9.59 Å².